The van der Waals surface area contributed by atoms with E-state index in [2.05, 4.69) is 9.99 Å². The van der Waals surface area contributed by atoms with Crippen molar-refractivity contribution < 1.29 is 44.4 Å². The van der Waals surface area contributed by atoms with E-state index in [4.69, 9.17) is 0 Å². The van der Waals surface area contributed by atoms with Crippen LogP contribution in [0.4, 0.5) is 31.3 Å². The van der Waals surface area contributed by atoms with Crippen LogP contribution >= 0.6 is 11.3 Å². The lowest BCUT2D eigenvalue weighted by Gasteiger charge is -2.34. The number of sulfonamides is 1. The number of nitrogens with zero attached hydrogens (tertiary/aromatic N) is 3. The van der Waals surface area contributed by atoms with Gasteiger partial charge in [0.15, 0.2) is 5.71 Å². The smallest absolute Gasteiger partial charge is 0.361 e. The fraction of sp³-hybridized carbons (Fsp3) is 0.429. The van der Waals surface area contributed by atoms with Crippen LogP contribution in [0.25, 0.3) is 6.08 Å². The Labute approximate surface area is 163 Å². The molecule has 1 fully saturated rings. The van der Waals surface area contributed by atoms with Crippen molar-refractivity contribution in [3.63, 3.8) is 0 Å². The average molecular weight is 463 g/mol. The fourth-order valence-corrected chi connectivity index (χ4v) is 4.58. The molecule has 0 aliphatic carbocycles. The Hall–Kier alpha value is -2.13. The Bertz CT molecular complexity index is 972. The molecule has 29 heavy (non-hydrogen) atoms. The molecule has 0 radical (unpaired) electrons. The molecule has 3 rings (SSSR count). The van der Waals surface area contributed by atoms with Crippen molar-refractivity contribution in [3.05, 3.63) is 22.6 Å². The van der Waals surface area contributed by atoms with E-state index in [1.165, 1.54) is 12.1 Å². The second kappa shape index (κ2) is 7.28. The maximum Gasteiger partial charge on any atom is 0.511 e. The number of alkyl halides is 6. The SMILES string of the molecule is O=C1ON=C(C(F)(F)F)C1=Cc1ccc(N2CCN(S(=O)(=O)C(F)(F)F)CC2)s1. The van der Waals surface area contributed by atoms with E-state index < -0.39 is 52.1 Å². The summed E-state index contributed by atoms with van der Waals surface area (Å²) in [5.74, 6) is -1.25. The summed E-state index contributed by atoms with van der Waals surface area (Å²) in [6.45, 7) is -0.868. The topological polar surface area (TPSA) is 79.3 Å². The van der Waals surface area contributed by atoms with E-state index in [9.17, 15) is 39.6 Å². The first-order valence-corrected chi connectivity index (χ1v) is 10.1. The van der Waals surface area contributed by atoms with Crippen molar-refractivity contribution in [1.82, 2.24) is 4.31 Å². The molecule has 0 aromatic carbocycles. The van der Waals surface area contributed by atoms with Gasteiger partial charge in [0.05, 0.1) is 10.6 Å². The Morgan fingerprint density at radius 1 is 1.07 bits per heavy atom. The minimum absolute atomic E-state index is 0.0386. The van der Waals surface area contributed by atoms with Gasteiger partial charge in [-0.05, 0) is 18.2 Å². The van der Waals surface area contributed by atoms with Crippen LogP contribution in [-0.4, -0.2) is 62.3 Å². The molecule has 15 heteroatoms. The highest BCUT2D eigenvalue weighted by atomic mass is 32.2. The monoisotopic (exact) mass is 463 g/mol. The lowest BCUT2D eigenvalue weighted by atomic mass is 10.1. The quantitative estimate of drug-likeness (QED) is 0.391. The first-order valence-electron chi connectivity index (χ1n) is 7.80. The summed E-state index contributed by atoms with van der Waals surface area (Å²) in [5, 5.41) is 3.23. The Balaban J connectivity index is 1.72. The molecule has 2 aliphatic rings. The molecule has 0 atom stereocenters. The largest absolute Gasteiger partial charge is 0.511 e. The van der Waals surface area contributed by atoms with Gasteiger partial charge in [0.25, 0.3) is 0 Å². The number of hydrogen-bond acceptors (Lipinski definition) is 7. The molecule has 3 heterocycles. The van der Waals surface area contributed by atoms with Crippen LogP contribution in [0.1, 0.15) is 4.88 Å². The van der Waals surface area contributed by atoms with Gasteiger partial charge in [0, 0.05) is 31.1 Å². The van der Waals surface area contributed by atoms with Crippen LogP contribution in [0.15, 0.2) is 22.9 Å². The molecule has 0 unspecified atom stereocenters. The zero-order chi connectivity index (χ0) is 21.6. The van der Waals surface area contributed by atoms with Gasteiger partial charge in [-0.2, -0.15) is 30.6 Å². The van der Waals surface area contributed by atoms with Crippen molar-refractivity contribution in [1.29, 1.82) is 0 Å². The Morgan fingerprint density at radius 2 is 1.69 bits per heavy atom. The molecule has 0 spiro atoms. The van der Waals surface area contributed by atoms with E-state index in [-0.39, 0.29) is 18.0 Å². The Kier molecular flexibility index (Phi) is 5.42. The van der Waals surface area contributed by atoms with Gasteiger partial charge in [-0.3, -0.25) is 0 Å². The molecule has 0 N–H and O–H groups in total. The summed E-state index contributed by atoms with van der Waals surface area (Å²) >= 11 is 0.984. The highest BCUT2D eigenvalue weighted by Crippen LogP contribution is 2.33. The first-order chi connectivity index (χ1) is 13.3. The van der Waals surface area contributed by atoms with Crippen molar-refractivity contribution in [2.45, 2.75) is 11.7 Å². The highest BCUT2D eigenvalue weighted by Gasteiger charge is 2.50. The minimum Gasteiger partial charge on any atom is -0.361 e. The minimum atomic E-state index is -5.41. The van der Waals surface area contributed by atoms with Gasteiger partial charge in [-0.15, -0.1) is 11.3 Å². The number of rotatable bonds is 3. The predicted molar refractivity (Wildman–Crippen MR) is 90.6 cm³/mol. The number of hydrogen-bond donors (Lipinski definition) is 0. The maximum atomic E-state index is 12.9. The molecule has 160 valence electrons. The standard InChI is InChI=1S/C14H11F6N3O4S2/c15-13(16,17)11-9(12(24)27-21-11)7-8-1-2-10(28-8)22-3-5-23(6-4-22)29(25,26)14(18,19)20/h1-2,7H,3-6H2. The number of anilines is 1. The zero-order valence-electron chi connectivity index (χ0n) is 14.1. The number of thiophene rings is 1. The average Bonchev–Trinajstić information content (AvgIpc) is 3.21. The second-order valence-electron chi connectivity index (χ2n) is 5.89. The number of piperazine rings is 1. The number of halogens is 6. The van der Waals surface area contributed by atoms with Crippen molar-refractivity contribution in [3.8, 4) is 0 Å². The molecule has 0 amide bonds. The van der Waals surface area contributed by atoms with Gasteiger partial charge < -0.3 is 9.74 Å². The molecular weight excluding hydrogens is 452 g/mol. The summed E-state index contributed by atoms with van der Waals surface area (Å²) in [7, 11) is -5.41. The van der Waals surface area contributed by atoms with Gasteiger partial charge in [0.2, 0.25) is 0 Å². The van der Waals surface area contributed by atoms with Crippen molar-refractivity contribution in [2.75, 3.05) is 31.1 Å². The molecule has 0 saturated carbocycles. The number of carbonyl (C=O) groups excluding carboxylic acids is 1. The maximum absolute atomic E-state index is 12.9. The predicted octanol–water partition coefficient (Wildman–Crippen LogP) is 2.58. The molecule has 1 aromatic heterocycles. The van der Waals surface area contributed by atoms with Crippen LogP contribution in [0, 0.1) is 0 Å². The highest BCUT2D eigenvalue weighted by molar-refractivity contribution is 7.90. The molecule has 1 saturated heterocycles. The molecule has 2 aliphatic heterocycles. The van der Waals surface area contributed by atoms with Gasteiger partial charge >= 0.3 is 27.7 Å². The molecular formula is C14H11F6N3O4S2. The number of oxime groups is 1. The molecule has 1 aromatic rings. The van der Waals surface area contributed by atoms with Crippen LogP contribution < -0.4 is 4.90 Å². The van der Waals surface area contributed by atoms with Gasteiger partial charge in [-0.1, -0.05) is 5.16 Å². The van der Waals surface area contributed by atoms with E-state index in [0.29, 0.717) is 9.31 Å². The van der Waals surface area contributed by atoms with E-state index in [1.807, 2.05) is 0 Å². The number of carbonyl (C=O) groups is 1. The van der Waals surface area contributed by atoms with E-state index >= 15 is 0 Å². The van der Waals surface area contributed by atoms with Gasteiger partial charge in [-0.25, -0.2) is 13.2 Å². The third kappa shape index (κ3) is 4.25. The normalized spacial score (nSPS) is 20.9. The molecule has 7 nitrogen and oxygen atoms in total. The summed E-state index contributed by atoms with van der Waals surface area (Å²) in [6.07, 6.45) is -3.92. The summed E-state index contributed by atoms with van der Waals surface area (Å²) in [4.78, 5) is 17.4. The second-order valence-corrected chi connectivity index (χ2v) is 8.91. The lowest BCUT2D eigenvalue weighted by Crippen LogP contribution is -2.51. The molecule has 0 bridgehead atoms. The third-order valence-electron chi connectivity index (χ3n) is 4.05. The fourth-order valence-electron chi connectivity index (χ4n) is 2.64. The van der Waals surface area contributed by atoms with Crippen LogP contribution in [0.5, 0.6) is 0 Å². The van der Waals surface area contributed by atoms with E-state index in [0.717, 1.165) is 17.4 Å². The summed E-state index contributed by atoms with van der Waals surface area (Å²) in [6, 6.07) is 2.93. The Morgan fingerprint density at radius 3 is 2.24 bits per heavy atom. The summed E-state index contributed by atoms with van der Waals surface area (Å²) < 4.78 is 99.6. The van der Waals surface area contributed by atoms with E-state index in [1.54, 1.807) is 4.90 Å². The van der Waals surface area contributed by atoms with Crippen LogP contribution in [-0.2, 0) is 19.7 Å². The van der Waals surface area contributed by atoms with Crippen LogP contribution in [0.3, 0.4) is 0 Å². The summed E-state index contributed by atoms with van der Waals surface area (Å²) in [5.41, 5.74) is -7.60. The zero-order valence-corrected chi connectivity index (χ0v) is 15.8. The lowest BCUT2D eigenvalue weighted by molar-refractivity contribution is -0.136. The van der Waals surface area contributed by atoms with Crippen molar-refractivity contribution in [2.24, 2.45) is 5.16 Å². The van der Waals surface area contributed by atoms with Crippen molar-refractivity contribution >= 4 is 44.1 Å². The van der Waals surface area contributed by atoms with Gasteiger partial charge in [0.1, 0.15) is 0 Å². The van der Waals surface area contributed by atoms with Crippen LogP contribution in [0.2, 0.25) is 0 Å². The third-order valence-corrected chi connectivity index (χ3v) is 6.77. The first kappa shape index (κ1) is 21.6.